The molecule has 0 saturated carbocycles. The van der Waals surface area contributed by atoms with Gasteiger partial charge in [-0.05, 0) is 74.7 Å². The number of nitriles is 1. The second-order valence-electron chi connectivity index (χ2n) is 7.82. The van der Waals surface area contributed by atoms with Crippen molar-refractivity contribution in [3.05, 3.63) is 59.5 Å². The molecule has 4 rings (SSSR count). The maximum atomic E-state index is 13.3. The summed E-state index contributed by atoms with van der Waals surface area (Å²) >= 11 is 0. The number of halogens is 1. The van der Waals surface area contributed by atoms with Crippen molar-refractivity contribution in [3.8, 4) is 6.07 Å². The van der Waals surface area contributed by atoms with Gasteiger partial charge in [0.2, 0.25) is 10.0 Å². The molecule has 1 atom stereocenters. The van der Waals surface area contributed by atoms with E-state index in [4.69, 9.17) is 9.78 Å². The van der Waals surface area contributed by atoms with Crippen molar-refractivity contribution in [2.24, 2.45) is 5.92 Å². The van der Waals surface area contributed by atoms with Crippen LogP contribution in [0.2, 0.25) is 0 Å². The molecule has 1 saturated heterocycles. The van der Waals surface area contributed by atoms with Crippen molar-refractivity contribution in [3.63, 3.8) is 0 Å². The lowest BCUT2D eigenvalue weighted by Crippen LogP contribution is -2.31. The number of sulfonamides is 1. The zero-order valence-electron chi connectivity index (χ0n) is 16.9. The van der Waals surface area contributed by atoms with E-state index in [1.165, 1.54) is 36.4 Å². The van der Waals surface area contributed by atoms with Crippen molar-refractivity contribution >= 4 is 21.0 Å². The third-order valence-electron chi connectivity index (χ3n) is 5.62. The predicted octanol–water partition coefficient (Wildman–Crippen LogP) is 3.07. The van der Waals surface area contributed by atoms with Crippen molar-refractivity contribution in [2.45, 2.75) is 24.2 Å². The summed E-state index contributed by atoms with van der Waals surface area (Å²) in [5.74, 6) is -0.0860. The van der Waals surface area contributed by atoms with Gasteiger partial charge < -0.3 is 9.42 Å². The van der Waals surface area contributed by atoms with Crippen LogP contribution in [0, 0.1) is 23.1 Å². The summed E-state index contributed by atoms with van der Waals surface area (Å²) in [7, 11) is -3.58. The Labute approximate surface area is 180 Å². The van der Waals surface area contributed by atoms with E-state index in [9.17, 15) is 12.8 Å². The van der Waals surface area contributed by atoms with Crippen LogP contribution in [-0.4, -0.2) is 44.7 Å². The zero-order chi connectivity index (χ0) is 21.8. The Hall–Kier alpha value is -2.80. The number of aryl methyl sites for hydroxylation is 1. The van der Waals surface area contributed by atoms with Gasteiger partial charge in [0.05, 0.1) is 22.2 Å². The second-order valence-corrected chi connectivity index (χ2v) is 9.58. The van der Waals surface area contributed by atoms with Gasteiger partial charge in [0, 0.05) is 24.5 Å². The van der Waals surface area contributed by atoms with Gasteiger partial charge in [0.25, 0.3) is 0 Å². The maximum Gasteiger partial charge on any atom is 0.240 e. The molecule has 0 aliphatic carbocycles. The lowest BCUT2D eigenvalue weighted by molar-refractivity contribution is 0.318. The van der Waals surface area contributed by atoms with Crippen molar-refractivity contribution in [1.82, 2.24) is 14.8 Å². The van der Waals surface area contributed by atoms with Crippen molar-refractivity contribution in [2.75, 3.05) is 26.2 Å². The van der Waals surface area contributed by atoms with Crippen LogP contribution in [0.1, 0.15) is 24.1 Å². The summed E-state index contributed by atoms with van der Waals surface area (Å²) in [6.45, 7) is 3.03. The first kappa shape index (κ1) is 21.4. The number of rotatable bonds is 8. The summed E-state index contributed by atoms with van der Waals surface area (Å²) in [5.41, 5.74) is 1.72. The highest BCUT2D eigenvalue weighted by Crippen LogP contribution is 2.22. The Bertz CT molecular complexity index is 1200. The summed E-state index contributed by atoms with van der Waals surface area (Å²) in [6, 6.07) is 12.3. The number of nitrogens with zero attached hydrogens (tertiary/aromatic N) is 3. The van der Waals surface area contributed by atoms with Crippen LogP contribution in [0.4, 0.5) is 4.39 Å². The molecule has 9 heteroatoms. The third kappa shape index (κ3) is 5.10. The van der Waals surface area contributed by atoms with Gasteiger partial charge in [-0.25, -0.2) is 17.5 Å². The lowest BCUT2D eigenvalue weighted by Gasteiger charge is -2.16. The molecule has 0 bridgehead atoms. The quantitative estimate of drug-likeness (QED) is 0.576. The monoisotopic (exact) mass is 442 g/mol. The van der Waals surface area contributed by atoms with Crippen LogP contribution in [0.15, 0.2) is 51.9 Å². The molecule has 2 heterocycles. The Kier molecular flexibility index (Phi) is 6.32. The highest BCUT2D eigenvalue weighted by molar-refractivity contribution is 7.89. The number of fused-ring (bicyclic) bond motifs is 1. The zero-order valence-corrected chi connectivity index (χ0v) is 17.7. The SMILES string of the molecule is N#Cc1ccc(S(=O)(=O)NCC2CCN(CCCc3noc4cc(F)ccc34)C2)cc1. The standard InChI is InChI=1S/C22H23FN4O3S/c23-18-5-8-20-21(26-30-22(20)12-18)2-1-10-27-11-9-17(15-27)14-25-31(28,29)19-6-3-16(13-24)4-7-19/h3-8,12,17,25H,1-2,9-11,14-15H2. The average molecular weight is 443 g/mol. The molecule has 1 aromatic heterocycles. The van der Waals surface area contributed by atoms with Crippen LogP contribution in [-0.2, 0) is 16.4 Å². The third-order valence-corrected chi connectivity index (χ3v) is 7.06. The molecule has 0 radical (unpaired) electrons. The average Bonchev–Trinajstić information content (AvgIpc) is 3.39. The summed E-state index contributed by atoms with van der Waals surface area (Å²) in [6.07, 6.45) is 2.57. The summed E-state index contributed by atoms with van der Waals surface area (Å²) < 4.78 is 46.0. The molecule has 7 nitrogen and oxygen atoms in total. The number of nitrogens with one attached hydrogen (secondary N) is 1. The maximum absolute atomic E-state index is 13.3. The van der Waals surface area contributed by atoms with E-state index in [0.717, 1.165) is 50.0 Å². The Morgan fingerprint density at radius 3 is 2.84 bits per heavy atom. The van der Waals surface area contributed by atoms with Crippen molar-refractivity contribution in [1.29, 1.82) is 5.26 Å². The molecule has 1 aliphatic heterocycles. The van der Waals surface area contributed by atoms with E-state index < -0.39 is 10.0 Å². The Morgan fingerprint density at radius 1 is 1.26 bits per heavy atom. The molecular formula is C22H23FN4O3S. The number of aromatic nitrogens is 1. The molecule has 0 amide bonds. The first-order valence-electron chi connectivity index (χ1n) is 10.2. The molecule has 1 unspecified atom stereocenters. The minimum Gasteiger partial charge on any atom is -0.356 e. The number of hydrogen-bond acceptors (Lipinski definition) is 6. The first-order chi connectivity index (χ1) is 14.9. The van der Waals surface area contributed by atoms with E-state index in [0.29, 0.717) is 17.7 Å². The van der Waals surface area contributed by atoms with Crippen LogP contribution >= 0.6 is 0 Å². The van der Waals surface area contributed by atoms with Gasteiger partial charge in [0.1, 0.15) is 5.82 Å². The van der Waals surface area contributed by atoms with Crippen LogP contribution in [0.25, 0.3) is 11.0 Å². The fourth-order valence-corrected chi connectivity index (χ4v) is 5.03. The molecule has 1 fully saturated rings. The van der Waals surface area contributed by atoms with Crippen LogP contribution in [0.5, 0.6) is 0 Å². The van der Waals surface area contributed by atoms with Gasteiger partial charge in [-0.3, -0.25) is 0 Å². The Balaban J connectivity index is 1.23. The first-order valence-corrected chi connectivity index (χ1v) is 11.7. The largest absolute Gasteiger partial charge is 0.356 e. The highest BCUT2D eigenvalue weighted by atomic mass is 32.2. The van der Waals surface area contributed by atoms with E-state index in [1.807, 2.05) is 6.07 Å². The number of benzene rings is 2. The molecule has 3 aromatic rings. The number of likely N-dealkylation sites (tertiary alicyclic amines) is 1. The fraction of sp³-hybridized carbons (Fsp3) is 0.364. The summed E-state index contributed by atoms with van der Waals surface area (Å²) in [5, 5.41) is 13.7. The van der Waals surface area contributed by atoms with Gasteiger partial charge >= 0.3 is 0 Å². The molecule has 1 aliphatic rings. The van der Waals surface area contributed by atoms with E-state index in [1.54, 1.807) is 6.07 Å². The van der Waals surface area contributed by atoms with Gasteiger partial charge in [-0.15, -0.1) is 0 Å². The van der Waals surface area contributed by atoms with Gasteiger partial charge in [0.15, 0.2) is 5.58 Å². The molecule has 162 valence electrons. The molecule has 1 N–H and O–H groups in total. The van der Waals surface area contributed by atoms with Crippen LogP contribution < -0.4 is 4.72 Å². The minimum atomic E-state index is -3.58. The molecule has 2 aromatic carbocycles. The van der Waals surface area contributed by atoms with E-state index in [-0.39, 0.29) is 16.6 Å². The number of hydrogen-bond donors (Lipinski definition) is 1. The van der Waals surface area contributed by atoms with Crippen molar-refractivity contribution < 1.29 is 17.3 Å². The lowest BCUT2D eigenvalue weighted by atomic mass is 10.1. The normalized spacial score (nSPS) is 17.2. The second kappa shape index (κ2) is 9.14. The van der Waals surface area contributed by atoms with Gasteiger partial charge in [-0.2, -0.15) is 5.26 Å². The van der Waals surface area contributed by atoms with E-state index in [2.05, 4.69) is 14.8 Å². The topological polar surface area (TPSA) is 99.2 Å². The molecule has 0 spiro atoms. The minimum absolute atomic E-state index is 0.168. The fourth-order valence-electron chi connectivity index (χ4n) is 3.92. The van der Waals surface area contributed by atoms with E-state index >= 15 is 0 Å². The smallest absolute Gasteiger partial charge is 0.240 e. The summed E-state index contributed by atoms with van der Waals surface area (Å²) in [4.78, 5) is 2.49. The highest BCUT2D eigenvalue weighted by Gasteiger charge is 2.24. The van der Waals surface area contributed by atoms with Crippen LogP contribution in [0.3, 0.4) is 0 Å². The predicted molar refractivity (Wildman–Crippen MR) is 113 cm³/mol. The molecular weight excluding hydrogens is 419 g/mol. The molecule has 31 heavy (non-hydrogen) atoms. The Morgan fingerprint density at radius 2 is 2.06 bits per heavy atom. The van der Waals surface area contributed by atoms with Gasteiger partial charge in [-0.1, -0.05) is 5.16 Å².